The first-order chi connectivity index (χ1) is 14.1. The average Bonchev–Trinajstić information content (AvgIpc) is 3.24. The first-order valence-corrected chi connectivity index (χ1v) is 11.3. The van der Waals surface area contributed by atoms with Crippen LogP contribution in [0.1, 0.15) is 40.8 Å². The molecule has 0 fully saturated rings. The van der Waals surface area contributed by atoms with Gasteiger partial charge in [0.25, 0.3) is 5.22 Å². The highest BCUT2D eigenvalue weighted by Gasteiger charge is 2.21. The molecule has 2 heterocycles. The summed E-state index contributed by atoms with van der Waals surface area (Å²) in [6.07, 6.45) is 5.34. The first-order valence-electron chi connectivity index (χ1n) is 9.52. The maximum absolute atomic E-state index is 12.4. The van der Waals surface area contributed by atoms with Crippen LogP contribution in [0.15, 0.2) is 33.9 Å². The number of hydrogen-bond acceptors (Lipinski definition) is 7. The van der Waals surface area contributed by atoms with Crippen LogP contribution in [-0.2, 0) is 17.6 Å². The molecule has 0 unspecified atom stereocenters. The van der Waals surface area contributed by atoms with Crippen LogP contribution >= 0.6 is 23.1 Å². The Kier molecular flexibility index (Phi) is 5.97. The normalized spacial score (nSPS) is 13.4. The SMILES string of the molecule is Cc1ccc(-c2nnc(SCC(=O)Nc3sc4c(c3C#N)CCCCC4)o2)cc1. The lowest BCUT2D eigenvalue weighted by Gasteiger charge is -2.02. The fraction of sp³-hybridized carbons (Fsp3) is 0.333. The lowest BCUT2D eigenvalue weighted by atomic mass is 10.1. The zero-order valence-corrected chi connectivity index (χ0v) is 17.7. The Morgan fingerprint density at radius 2 is 2.03 bits per heavy atom. The molecule has 0 saturated carbocycles. The lowest BCUT2D eigenvalue weighted by molar-refractivity contribution is -0.113. The number of nitrogens with zero attached hydrogens (tertiary/aromatic N) is 3. The number of carbonyl (C=O) groups excluding carboxylic acids is 1. The van der Waals surface area contributed by atoms with Gasteiger partial charge in [-0.05, 0) is 50.3 Å². The number of nitriles is 1. The number of thioether (sulfide) groups is 1. The molecular formula is C21H20N4O2S2. The second-order valence-electron chi connectivity index (χ2n) is 6.96. The minimum absolute atomic E-state index is 0.142. The number of thiophene rings is 1. The number of aryl methyl sites for hydroxylation is 2. The average molecular weight is 425 g/mol. The first kappa shape index (κ1) is 19.7. The summed E-state index contributed by atoms with van der Waals surface area (Å²) in [5.74, 6) is 0.392. The van der Waals surface area contributed by atoms with Crippen molar-refractivity contribution in [3.63, 3.8) is 0 Å². The number of anilines is 1. The number of nitrogens with one attached hydrogen (secondary N) is 1. The van der Waals surface area contributed by atoms with Gasteiger partial charge in [0.2, 0.25) is 11.8 Å². The van der Waals surface area contributed by atoms with Gasteiger partial charge in [-0.15, -0.1) is 21.5 Å². The van der Waals surface area contributed by atoms with Crippen molar-refractivity contribution in [2.75, 3.05) is 11.1 Å². The summed E-state index contributed by atoms with van der Waals surface area (Å²) in [4.78, 5) is 13.7. The second kappa shape index (κ2) is 8.80. The largest absolute Gasteiger partial charge is 0.411 e. The quantitative estimate of drug-likeness (QED) is 0.459. The molecule has 6 nitrogen and oxygen atoms in total. The summed E-state index contributed by atoms with van der Waals surface area (Å²) >= 11 is 2.72. The van der Waals surface area contributed by atoms with Gasteiger partial charge in [0.1, 0.15) is 11.1 Å². The summed E-state index contributed by atoms with van der Waals surface area (Å²) in [6, 6.07) is 10.1. The molecule has 1 aliphatic carbocycles. The van der Waals surface area contributed by atoms with Crippen LogP contribution in [0.3, 0.4) is 0 Å². The van der Waals surface area contributed by atoms with E-state index in [-0.39, 0.29) is 11.7 Å². The minimum atomic E-state index is -0.182. The van der Waals surface area contributed by atoms with Crippen molar-refractivity contribution in [1.82, 2.24) is 10.2 Å². The maximum Gasteiger partial charge on any atom is 0.277 e. The van der Waals surface area contributed by atoms with Crippen LogP contribution in [0, 0.1) is 18.3 Å². The van der Waals surface area contributed by atoms with Crippen LogP contribution in [-0.4, -0.2) is 21.9 Å². The van der Waals surface area contributed by atoms with Crippen molar-refractivity contribution in [3.05, 3.63) is 45.8 Å². The third-order valence-corrected chi connectivity index (χ3v) is 6.84. The molecule has 0 saturated heterocycles. The molecule has 29 heavy (non-hydrogen) atoms. The van der Waals surface area contributed by atoms with E-state index in [0.29, 0.717) is 21.7 Å². The van der Waals surface area contributed by atoms with E-state index in [1.807, 2.05) is 31.2 Å². The third kappa shape index (κ3) is 4.52. The van der Waals surface area contributed by atoms with E-state index < -0.39 is 0 Å². The van der Waals surface area contributed by atoms with E-state index >= 15 is 0 Å². The summed E-state index contributed by atoms with van der Waals surface area (Å²) in [6.45, 7) is 2.01. The third-order valence-electron chi connectivity index (χ3n) is 4.82. The highest BCUT2D eigenvalue weighted by atomic mass is 32.2. The standard InChI is InChI=1S/C21H20N4O2S2/c1-13-7-9-14(10-8-13)19-24-25-21(27-19)28-12-18(26)23-20-16(11-22)15-5-3-2-4-6-17(15)29-20/h7-10H,2-6,12H2,1H3,(H,23,26). The topological polar surface area (TPSA) is 91.8 Å². The van der Waals surface area contributed by atoms with Gasteiger partial charge in [0.05, 0.1) is 11.3 Å². The Hall–Kier alpha value is -2.63. The molecule has 2 aromatic heterocycles. The van der Waals surface area contributed by atoms with Gasteiger partial charge in [-0.2, -0.15) is 5.26 Å². The Balaban J connectivity index is 1.39. The van der Waals surface area contributed by atoms with Crippen LogP contribution in [0.25, 0.3) is 11.5 Å². The number of fused-ring (bicyclic) bond motifs is 1. The van der Waals surface area contributed by atoms with Gasteiger partial charge in [-0.3, -0.25) is 4.79 Å². The number of benzene rings is 1. The van der Waals surface area contributed by atoms with E-state index in [1.165, 1.54) is 34.4 Å². The molecule has 0 spiro atoms. The van der Waals surface area contributed by atoms with E-state index in [4.69, 9.17) is 4.42 Å². The molecule has 0 atom stereocenters. The Labute approximate surface area is 177 Å². The number of amides is 1. The van der Waals surface area contributed by atoms with E-state index in [0.717, 1.165) is 42.4 Å². The zero-order valence-electron chi connectivity index (χ0n) is 16.0. The fourth-order valence-corrected chi connectivity index (χ4v) is 5.14. The van der Waals surface area contributed by atoms with E-state index in [1.54, 1.807) is 0 Å². The van der Waals surface area contributed by atoms with Gasteiger partial charge < -0.3 is 9.73 Å². The summed E-state index contributed by atoms with van der Waals surface area (Å²) in [5.41, 5.74) is 3.75. The molecule has 4 rings (SSSR count). The molecule has 1 aliphatic rings. The van der Waals surface area contributed by atoms with Crippen LogP contribution < -0.4 is 5.32 Å². The second-order valence-corrected chi connectivity index (χ2v) is 8.99. The molecular weight excluding hydrogens is 404 g/mol. The molecule has 0 aliphatic heterocycles. The van der Waals surface area contributed by atoms with Crippen molar-refractivity contribution >= 4 is 34.0 Å². The lowest BCUT2D eigenvalue weighted by Crippen LogP contribution is -2.14. The smallest absolute Gasteiger partial charge is 0.277 e. The van der Waals surface area contributed by atoms with E-state index in [2.05, 4.69) is 21.6 Å². The molecule has 0 bridgehead atoms. The van der Waals surface area contributed by atoms with Crippen molar-refractivity contribution in [2.24, 2.45) is 0 Å². The van der Waals surface area contributed by atoms with Crippen molar-refractivity contribution in [3.8, 4) is 17.5 Å². The predicted octanol–water partition coefficient (Wildman–Crippen LogP) is 4.98. The van der Waals surface area contributed by atoms with Crippen LogP contribution in [0.4, 0.5) is 5.00 Å². The van der Waals surface area contributed by atoms with Gasteiger partial charge in [0, 0.05) is 10.4 Å². The zero-order chi connectivity index (χ0) is 20.2. The molecule has 1 N–H and O–H groups in total. The maximum atomic E-state index is 12.4. The number of carbonyl (C=O) groups is 1. The fourth-order valence-electron chi connectivity index (χ4n) is 3.32. The highest BCUT2D eigenvalue weighted by molar-refractivity contribution is 7.99. The predicted molar refractivity (Wildman–Crippen MR) is 114 cm³/mol. The van der Waals surface area contributed by atoms with Crippen molar-refractivity contribution in [1.29, 1.82) is 5.26 Å². The monoisotopic (exact) mass is 424 g/mol. The van der Waals surface area contributed by atoms with Crippen LogP contribution in [0.5, 0.6) is 0 Å². The van der Waals surface area contributed by atoms with Gasteiger partial charge in [-0.25, -0.2) is 0 Å². The summed E-state index contributed by atoms with van der Waals surface area (Å²) < 4.78 is 5.65. The Bertz CT molecular complexity index is 1060. The molecule has 148 valence electrons. The summed E-state index contributed by atoms with van der Waals surface area (Å²) in [7, 11) is 0. The van der Waals surface area contributed by atoms with Gasteiger partial charge >= 0.3 is 0 Å². The summed E-state index contributed by atoms with van der Waals surface area (Å²) in [5, 5.41) is 21.5. The molecule has 8 heteroatoms. The van der Waals surface area contributed by atoms with Crippen molar-refractivity contribution in [2.45, 2.75) is 44.3 Å². The van der Waals surface area contributed by atoms with Gasteiger partial charge in [-0.1, -0.05) is 35.9 Å². The Morgan fingerprint density at radius 3 is 2.83 bits per heavy atom. The molecule has 1 amide bonds. The van der Waals surface area contributed by atoms with Gasteiger partial charge in [0.15, 0.2) is 0 Å². The Morgan fingerprint density at radius 1 is 1.24 bits per heavy atom. The molecule has 1 aromatic carbocycles. The highest BCUT2D eigenvalue weighted by Crippen LogP contribution is 2.37. The minimum Gasteiger partial charge on any atom is -0.411 e. The van der Waals surface area contributed by atoms with E-state index in [9.17, 15) is 10.1 Å². The number of aromatic nitrogens is 2. The van der Waals surface area contributed by atoms with Crippen LogP contribution in [0.2, 0.25) is 0 Å². The molecule has 0 radical (unpaired) electrons. The molecule has 3 aromatic rings. The van der Waals surface area contributed by atoms with Crippen molar-refractivity contribution < 1.29 is 9.21 Å². The number of rotatable bonds is 5. The number of hydrogen-bond donors (Lipinski definition) is 1.